The quantitative estimate of drug-likeness (QED) is 0.702. The Balaban J connectivity index is 1.78. The average molecular weight is 247 g/mol. The van der Waals surface area contributed by atoms with E-state index in [9.17, 15) is 0 Å². The minimum absolute atomic E-state index is 1.19. The molecule has 2 aromatic rings. The van der Waals surface area contributed by atoms with Crippen molar-refractivity contribution in [2.75, 3.05) is 0 Å². The van der Waals surface area contributed by atoms with Crippen LogP contribution in [-0.4, -0.2) is 0 Å². The first-order valence-corrected chi connectivity index (χ1v) is 7.11. The van der Waals surface area contributed by atoms with E-state index >= 15 is 0 Å². The summed E-state index contributed by atoms with van der Waals surface area (Å²) in [5.74, 6) is 0. The van der Waals surface area contributed by atoms with E-state index in [1.54, 1.807) is 0 Å². The van der Waals surface area contributed by atoms with Gasteiger partial charge in [0.1, 0.15) is 0 Å². The van der Waals surface area contributed by atoms with Gasteiger partial charge < -0.3 is 0 Å². The lowest BCUT2D eigenvalue weighted by Gasteiger charge is -2.04. The average Bonchev–Trinajstić information content (AvgIpc) is 2.89. The molecule has 0 heteroatoms. The Kier molecular flexibility index (Phi) is 3.50. The lowest BCUT2D eigenvalue weighted by atomic mass is 10.0. The molecule has 0 saturated heterocycles. The van der Waals surface area contributed by atoms with Crippen LogP contribution in [0.15, 0.2) is 48.5 Å². The van der Waals surface area contributed by atoms with Gasteiger partial charge >= 0.3 is 0 Å². The fourth-order valence-corrected chi connectivity index (χ4v) is 2.56. The maximum Gasteiger partial charge on any atom is 0.0211 e. The zero-order valence-corrected chi connectivity index (χ0v) is 11.4. The van der Waals surface area contributed by atoms with Crippen molar-refractivity contribution in [3.63, 3.8) is 0 Å². The Labute approximate surface area is 115 Å². The van der Waals surface area contributed by atoms with Crippen molar-refractivity contribution < 1.29 is 0 Å². The van der Waals surface area contributed by atoms with Gasteiger partial charge in [0.05, 0.1) is 0 Å². The molecule has 0 bridgehead atoms. The first-order valence-electron chi connectivity index (χ1n) is 7.11. The van der Waals surface area contributed by atoms with Crippen LogP contribution in [-0.2, 0) is 6.42 Å². The third kappa shape index (κ3) is 2.63. The number of hydrogen-bond acceptors (Lipinski definition) is 0. The topological polar surface area (TPSA) is 0 Å². The second-order valence-electron chi connectivity index (χ2n) is 5.17. The number of hydrogen-bond donors (Lipinski definition) is 0. The fourth-order valence-electron chi connectivity index (χ4n) is 2.56. The molecule has 0 unspecified atom stereocenters. The Morgan fingerprint density at radius 3 is 2.26 bits per heavy atom. The van der Waals surface area contributed by atoms with Crippen molar-refractivity contribution in [2.24, 2.45) is 0 Å². The second-order valence-corrected chi connectivity index (χ2v) is 5.17. The molecule has 2 aromatic carbocycles. The summed E-state index contributed by atoms with van der Waals surface area (Å²) in [5.41, 5.74) is 6.74. The van der Waals surface area contributed by atoms with Gasteiger partial charge in [-0.25, -0.2) is 0 Å². The van der Waals surface area contributed by atoms with Crippen molar-refractivity contribution in [3.8, 4) is 0 Å². The summed E-state index contributed by atoms with van der Waals surface area (Å²) in [7, 11) is 0. The summed E-state index contributed by atoms with van der Waals surface area (Å²) in [4.78, 5) is 0. The standard InChI is InChI=1S/C19H19/c1-2-3-6-15-9-11-16(12-10-15)19-13-17-7-4-5-8-18(17)14-19/h4-5,7-14H,2-3,6H2,1H3. The molecule has 3 rings (SSSR count). The molecule has 0 heterocycles. The smallest absolute Gasteiger partial charge is 0.0211 e. The van der Waals surface area contributed by atoms with E-state index in [4.69, 9.17) is 0 Å². The fraction of sp³-hybridized carbons (Fsp3) is 0.211. The van der Waals surface area contributed by atoms with Crippen LogP contribution in [0, 0.1) is 6.42 Å². The first kappa shape index (κ1) is 12.2. The molecule has 19 heavy (non-hydrogen) atoms. The molecule has 0 nitrogen and oxygen atoms in total. The molecule has 0 spiro atoms. The summed E-state index contributed by atoms with van der Waals surface area (Å²) in [5, 5.41) is 0. The summed E-state index contributed by atoms with van der Waals surface area (Å²) < 4.78 is 0. The molecule has 0 fully saturated rings. The molecule has 0 aliphatic heterocycles. The van der Waals surface area contributed by atoms with Gasteiger partial charge in [0.25, 0.3) is 0 Å². The van der Waals surface area contributed by atoms with Crippen molar-refractivity contribution in [1.82, 2.24) is 0 Å². The number of aryl methyl sites for hydroxylation is 1. The van der Waals surface area contributed by atoms with Crippen LogP contribution < -0.4 is 0 Å². The van der Waals surface area contributed by atoms with Crippen LogP contribution in [0.1, 0.15) is 42.0 Å². The summed E-state index contributed by atoms with van der Waals surface area (Å²) in [6.07, 6.45) is 8.28. The molecule has 0 amide bonds. The Bertz CT molecular complexity index is 588. The third-order valence-corrected chi connectivity index (χ3v) is 3.72. The first-order chi connectivity index (χ1) is 9.36. The van der Waals surface area contributed by atoms with Gasteiger partial charge in [-0.3, -0.25) is 0 Å². The summed E-state index contributed by atoms with van der Waals surface area (Å²) >= 11 is 0. The van der Waals surface area contributed by atoms with Crippen LogP contribution in [0.4, 0.5) is 0 Å². The molecule has 0 N–H and O–H groups in total. The van der Waals surface area contributed by atoms with Gasteiger partial charge in [-0.1, -0.05) is 68.0 Å². The predicted molar refractivity (Wildman–Crippen MR) is 82.8 cm³/mol. The van der Waals surface area contributed by atoms with Crippen LogP contribution in [0.25, 0.3) is 11.6 Å². The van der Waals surface area contributed by atoms with Crippen LogP contribution >= 0.6 is 0 Å². The molecule has 1 aliphatic carbocycles. The maximum atomic E-state index is 2.27. The summed E-state index contributed by atoms with van der Waals surface area (Å²) in [6, 6.07) is 17.6. The molecule has 0 atom stereocenters. The van der Waals surface area contributed by atoms with E-state index in [2.05, 4.69) is 68.0 Å². The molecule has 1 radical (unpaired) electrons. The number of allylic oxidation sites excluding steroid dienone is 1. The molecular weight excluding hydrogens is 228 g/mol. The third-order valence-electron chi connectivity index (χ3n) is 3.72. The normalized spacial score (nSPS) is 13.2. The number of unbranched alkanes of at least 4 members (excludes halogenated alkanes) is 1. The molecule has 0 saturated carbocycles. The van der Waals surface area contributed by atoms with Crippen LogP contribution in [0.5, 0.6) is 0 Å². The zero-order valence-electron chi connectivity index (χ0n) is 11.4. The van der Waals surface area contributed by atoms with Gasteiger partial charge in [-0.05, 0) is 40.7 Å². The number of rotatable bonds is 4. The van der Waals surface area contributed by atoms with E-state index in [1.165, 1.54) is 47.1 Å². The Morgan fingerprint density at radius 2 is 1.58 bits per heavy atom. The van der Waals surface area contributed by atoms with E-state index < -0.39 is 0 Å². The van der Waals surface area contributed by atoms with Crippen molar-refractivity contribution in [1.29, 1.82) is 0 Å². The van der Waals surface area contributed by atoms with Gasteiger partial charge in [0.2, 0.25) is 0 Å². The molecule has 95 valence electrons. The van der Waals surface area contributed by atoms with Crippen LogP contribution in [0.3, 0.4) is 0 Å². The van der Waals surface area contributed by atoms with E-state index in [1.807, 2.05) is 0 Å². The van der Waals surface area contributed by atoms with Crippen molar-refractivity contribution >= 4 is 11.6 Å². The van der Waals surface area contributed by atoms with E-state index in [-0.39, 0.29) is 0 Å². The minimum atomic E-state index is 1.19. The number of fused-ring (bicyclic) bond motifs is 1. The number of benzene rings is 2. The predicted octanol–water partition coefficient (Wildman–Crippen LogP) is 5.14. The van der Waals surface area contributed by atoms with E-state index in [0.29, 0.717) is 0 Å². The maximum absolute atomic E-state index is 2.27. The zero-order chi connectivity index (χ0) is 13.1. The Hall–Kier alpha value is -1.82. The van der Waals surface area contributed by atoms with E-state index in [0.717, 1.165) is 0 Å². The highest BCUT2D eigenvalue weighted by Gasteiger charge is 2.13. The lowest BCUT2D eigenvalue weighted by Crippen LogP contribution is -1.87. The van der Waals surface area contributed by atoms with Crippen molar-refractivity contribution in [3.05, 3.63) is 77.2 Å². The molecule has 0 aromatic heterocycles. The SMILES string of the molecule is CCCCc1ccc(C2=Cc3ccccc3[CH]2)cc1. The summed E-state index contributed by atoms with van der Waals surface area (Å²) in [6.45, 7) is 2.24. The largest absolute Gasteiger partial charge is 0.0654 e. The van der Waals surface area contributed by atoms with Gasteiger partial charge in [-0.15, -0.1) is 0 Å². The minimum Gasteiger partial charge on any atom is -0.0654 e. The molecule has 1 aliphatic rings. The van der Waals surface area contributed by atoms with Gasteiger partial charge in [0.15, 0.2) is 0 Å². The monoisotopic (exact) mass is 247 g/mol. The lowest BCUT2D eigenvalue weighted by molar-refractivity contribution is 0.795. The highest BCUT2D eigenvalue weighted by atomic mass is 14.2. The van der Waals surface area contributed by atoms with Crippen molar-refractivity contribution in [2.45, 2.75) is 26.2 Å². The van der Waals surface area contributed by atoms with Gasteiger partial charge in [-0.2, -0.15) is 0 Å². The van der Waals surface area contributed by atoms with Gasteiger partial charge in [0, 0.05) is 6.42 Å². The highest BCUT2D eigenvalue weighted by molar-refractivity contribution is 5.94. The van der Waals surface area contributed by atoms with Crippen LogP contribution in [0.2, 0.25) is 0 Å². The Morgan fingerprint density at radius 1 is 0.842 bits per heavy atom. The highest BCUT2D eigenvalue weighted by Crippen LogP contribution is 2.33. The second kappa shape index (κ2) is 5.44. The molecular formula is C19H19.